The summed E-state index contributed by atoms with van der Waals surface area (Å²) in [6.07, 6.45) is 5.66. The molecule has 0 atom stereocenters. The number of rotatable bonds is 9. The van der Waals surface area contributed by atoms with E-state index in [1.54, 1.807) is 7.11 Å². The van der Waals surface area contributed by atoms with Crippen molar-refractivity contribution in [3.8, 4) is 5.75 Å². The molecule has 1 heterocycles. The second-order valence-corrected chi connectivity index (χ2v) is 13.2. The van der Waals surface area contributed by atoms with Crippen molar-refractivity contribution in [1.82, 2.24) is 9.88 Å². The number of ether oxygens (including phenoxy) is 1. The van der Waals surface area contributed by atoms with Gasteiger partial charge < -0.3 is 14.7 Å². The number of methoxy groups -OCH3 is 1. The molecule has 11 heteroatoms. The van der Waals surface area contributed by atoms with Crippen molar-refractivity contribution in [2.45, 2.75) is 67.9 Å². The number of carbonyl (C=O) groups is 2. The third-order valence-electron chi connectivity index (χ3n) is 6.64. The molecule has 0 spiro atoms. The zero-order valence-corrected chi connectivity index (χ0v) is 22.1. The van der Waals surface area contributed by atoms with Gasteiger partial charge in [-0.2, -0.15) is 0 Å². The third-order valence-corrected chi connectivity index (χ3v) is 10.4. The van der Waals surface area contributed by atoms with Crippen molar-refractivity contribution in [1.29, 1.82) is 0 Å². The topological polar surface area (TPSA) is 126 Å². The molecule has 35 heavy (non-hydrogen) atoms. The molecular weight excluding hydrogens is 490 g/mol. The zero-order chi connectivity index (χ0) is 25.8. The fraction of sp³-hybridized carbons (Fsp3) is 0.542. The van der Waals surface area contributed by atoms with Crippen LogP contribution in [-0.2, 0) is 21.1 Å². The predicted octanol–water partition coefficient (Wildman–Crippen LogP) is 4.44. The molecule has 1 aromatic heterocycles. The molecule has 0 saturated heterocycles. The molecule has 9 nitrogen and oxygen atoms in total. The maximum atomic E-state index is 13.3. The first-order chi connectivity index (χ1) is 16.5. The van der Waals surface area contributed by atoms with Gasteiger partial charge in [-0.3, -0.25) is 10.1 Å². The lowest BCUT2D eigenvalue weighted by Gasteiger charge is -2.36. The van der Waals surface area contributed by atoms with Crippen molar-refractivity contribution in [2.75, 3.05) is 19.0 Å². The first-order valence-electron chi connectivity index (χ1n) is 11.6. The molecule has 2 amide bonds. The van der Waals surface area contributed by atoms with Crippen LogP contribution in [0, 0.1) is 5.92 Å². The van der Waals surface area contributed by atoms with Crippen LogP contribution in [0.5, 0.6) is 5.75 Å². The SMILES string of the molecule is COc1ccc(CCN(C(=O)Nc2ncc(S(=O)(=O)C(C)(C)C(=O)O)s2)C2CCC(C)CC2)cc1. The standard InChI is InChI=1S/C24H33N3O6S2/c1-16-5-9-18(10-6-16)27(14-13-17-7-11-19(33-4)12-8-17)23(30)26-22-25-15-20(34-22)35(31,32)24(2,3)21(28)29/h7-8,11-12,15-16,18H,5-6,9-10,13-14H2,1-4H3,(H,28,29)(H,25,26,30). The van der Waals surface area contributed by atoms with E-state index in [1.165, 1.54) is 0 Å². The van der Waals surface area contributed by atoms with Gasteiger partial charge in [0.1, 0.15) is 9.96 Å². The molecule has 1 fully saturated rings. The maximum Gasteiger partial charge on any atom is 0.324 e. The van der Waals surface area contributed by atoms with E-state index in [-0.39, 0.29) is 21.4 Å². The summed E-state index contributed by atoms with van der Waals surface area (Å²) >= 11 is 0.761. The van der Waals surface area contributed by atoms with E-state index in [4.69, 9.17) is 4.74 Å². The average molecular weight is 524 g/mol. The number of hydrogen-bond donors (Lipinski definition) is 2. The van der Waals surface area contributed by atoms with E-state index >= 15 is 0 Å². The molecule has 0 bridgehead atoms. The number of anilines is 1. The van der Waals surface area contributed by atoms with Crippen molar-refractivity contribution in [2.24, 2.45) is 5.92 Å². The van der Waals surface area contributed by atoms with Gasteiger partial charge in [0.15, 0.2) is 9.88 Å². The number of urea groups is 1. The number of carboxylic acids is 1. The number of hydrogen-bond acceptors (Lipinski definition) is 7. The third kappa shape index (κ3) is 6.13. The Kier molecular flexibility index (Phi) is 8.42. The second kappa shape index (κ2) is 10.9. The van der Waals surface area contributed by atoms with E-state index in [1.807, 2.05) is 29.2 Å². The summed E-state index contributed by atoms with van der Waals surface area (Å²) in [5, 5.41) is 12.2. The monoisotopic (exact) mass is 523 g/mol. The molecule has 1 saturated carbocycles. The Hall–Kier alpha value is -2.66. The van der Waals surface area contributed by atoms with Crippen LogP contribution in [0.25, 0.3) is 0 Å². The average Bonchev–Trinajstić information content (AvgIpc) is 3.29. The number of nitrogens with one attached hydrogen (secondary N) is 1. The van der Waals surface area contributed by atoms with Crippen LogP contribution >= 0.6 is 11.3 Å². The highest BCUT2D eigenvalue weighted by Crippen LogP contribution is 2.32. The molecule has 1 aliphatic rings. The van der Waals surface area contributed by atoms with Crippen LogP contribution in [0.15, 0.2) is 34.7 Å². The lowest BCUT2D eigenvalue weighted by molar-refractivity contribution is -0.139. The minimum Gasteiger partial charge on any atom is -0.497 e. The first-order valence-corrected chi connectivity index (χ1v) is 13.9. The number of sulfone groups is 1. The van der Waals surface area contributed by atoms with Gasteiger partial charge in [0.05, 0.1) is 13.3 Å². The Morgan fingerprint density at radius 2 is 1.83 bits per heavy atom. The lowest BCUT2D eigenvalue weighted by Crippen LogP contribution is -2.45. The van der Waals surface area contributed by atoms with Crippen molar-refractivity contribution in [3.63, 3.8) is 0 Å². The van der Waals surface area contributed by atoms with E-state index in [0.717, 1.165) is 68.4 Å². The van der Waals surface area contributed by atoms with Gasteiger partial charge >= 0.3 is 12.0 Å². The minimum absolute atomic E-state index is 0.0820. The smallest absolute Gasteiger partial charge is 0.324 e. The Morgan fingerprint density at radius 1 is 1.20 bits per heavy atom. The van der Waals surface area contributed by atoms with Crippen LogP contribution in [0.4, 0.5) is 9.93 Å². The Balaban J connectivity index is 1.75. The summed E-state index contributed by atoms with van der Waals surface area (Å²) in [4.78, 5) is 30.6. The number of nitrogens with zero attached hydrogens (tertiary/aromatic N) is 2. The highest BCUT2D eigenvalue weighted by Gasteiger charge is 2.44. The zero-order valence-electron chi connectivity index (χ0n) is 20.5. The summed E-state index contributed by atoms with van der Waals surface area (Å²) < 4.78 is 28.5. The minimum atomic E-state index is -4.17. The number of amides is 2. The van der Waals surface area contributed by atoms with Crippen LogP contribution in [0.2, 0.25) is 0 Å². The molecule has 0 aliphatic heterocycles. The van der Waals surface area contributed by atoms with E-state index in [9.17, 15) is 23.1 Å². The van der Waals surface area contributed by atoms with Gasteiger partial charge in [-0.1, -0.05) is 30.4 Å². The maximum absolute atomic E-state index is 13.3. The summed E-state index contributed by atoms with van der Waals surface area (Å²) in [6.45, 7) is 4.98. The summed E-state index contributed by atoms with van der Waals surface area (Å²) in [5.74, 6) is -0.0556. The first kappa shape index (κ1) is 26.9. The second-order valence-electron chi connectivity index (χ2n) is 9.44. The van der Waals surface area contributed by atoms with Gasteiger partial charge in [0.25, 0.3) is 0 Å². The molecule has 3 rings (SSSR count). The summed E-state index contributed by atoms with van der Waals surface area (Å²) in [5.41, 5.74) is 1.08. The van der Waals surface area contributed by atoms with Crippen molar-refractivity contribution < 1.29 is 27.9 Å². The van der Waals surface area contributed by atoms with Gasteiger partial charge in [-0.25, -0.2) is 18.2 Å². The summed E-state index contributed by atoms with van der Waals surface area (Å²) in [6, 6.07) is 7.46. The lowest BCUT2D eigenvalue weighted by atomic mass is 9.86. The van der Waals surface area contributed by atoms with Gasteiger partial charge in [0.2, 0.25) is 9.84 Å². The number of carbonyl (C=O) groups excluding carboxylic acids is 1. The quantitative estimate of drug-likeness (QED) is 0.497. The fourth-order valence-electron chi connectivity index (χ4n) is 4.02. The van der Waals surface area contributed by atoms with Crippen molar-refractivity contribution in [3.05, 3.63) is 36.0 Å². The van der Waals surface area contributed by atoms with E-state index < -0.39 is 20.6 Å². The molecule has 192 valence electrons. The molecule has 1 aromatic carbocycles. The van der Waals surface area contributed by atoms with Gasteiger partial charge in [-0.15, -0.1) is 0 Å². The Bertz CT molecular complexity index is 1140. The highest BCUT2D eigenvalue weighted by atomic mass is 32.2. The molecule has 2 aromatic rings. The van der Waals surface area contributed by atoms with Crippen LogP contribution in [0.3, 0.4) is 0 Å². The molecule has 2 N–H and O–H groups in total. The molecule has 1 aliphatic carbocycles. The van der Waals surface area contributed by atoms with Gasteiger partial charge in [0, 0.05) is 12.6 Å². The van der Waals surface area contributed by atoms with Crippen LogP contribution in [-0.4, -0.2) is 59.9 Å². The number of aliphatic carboxylic acids is 1. The Labute approximate surface area is 210 Å². The normalized spacial score (nSPS) is 18.6. The largest absolute Gasteiger partial charge is 0.497 e. The van der Waals surface area contributed by atoms with Gasteiger partial charge in [-0.05, 0) is 69.6 Å². The van der Waals surface area contributed by atoms with E-state index in [2.05, 4.69) is 17.2 Å². The molecule has 0 radical (unpaired) electrons. The van der Waals surface area contributed by atoms with Crippen molar-refractivity contribution >= 4 is 38.3 Å². The number of carboxylic acid groups (broad SMARTS) is 1. The Morgan fingerprint density at radius 3 is 2.40 bits per heavy atom. The highest BCUT2D eigenvalue weighted by molar-refractivity contribution is 7.95. The molecular formula is C24H33N3O6S2. The number of thiazole rings is 1. The fourth-order valence-corrected chi connectivity index (χ4v) is 6.78. The molecule has 0 unspecified atom stereocenters. The van der Waals surface area contributed by atoms with E-state index in [0.29, 0.717) is 18.9 Å². The van der Waals surface area contributed by atoms with Crippen LogP contribution < -0.4 is 10.1 Å². The predicted molar refractivity (Wildman–Crippen MR) is 135 cm³/mol. The number of benzene rings is 1. The summed E-state index contributed by atoms with van der Waals surface area (Å²) in [7, 11) is -2.56. The van der Waals surface area contributed by atoms with Crippen LogP contribution in [0.1, 0.15) is 52.0 Å². The number of aromatic nitrogens is 1.